The number of nitrogens with zero attached hydrogens (tertiary/aromatic N) is 2. The van der Waals surface area contributed by atoms with Crippen LogP contribution in [0.2, 0.25) is 5.02 Å². The maximum Gasteiger partial charge on any atom is 0.255 e. The van der Waals surface area contributed by atoms with Gasteiger partial charge in [0.2, 0.25) is 0 Å². The van der Waals surface area contributed by atoms with Gasteiger partial charge in [-0.3, -0.25) is 9.69 Å². The van der Waals surface area contributed by atoms with Gasteiger partial charge in [0.25, 0.3) is 5.91 Å². The lowest BCUT2D eigenvalue weighted by Gasteiger charge is -2.43. The minimum absolute atomic E-state index is 0.0646. The maximum absolute atomic E-state index is 12.6. The molecule has 0 radical (unpaired) electrons. The molecule has 2 heterocycles. The fraction of sp³-hybridized carbons (Fsp3) is 0.588. The van der Waals surface area contributed by atoms with Crippen LogP contribution in [0.25, 0.3) is 0 Å². The number of amides is 1. The van der Waals surface area contributed by atoms with Gasteiger partial charge in [0.1, 0.15) is 5.75 Å². The Hall–Kier alpha value is -1.30. The van der Waals surface area contributed by atoms with Crippen LogP contribution in [0.15, 0.2) is 18.2 Å². The summed E-state index contributed by atoms with van der Waals surface area (Å²) in [6.45, 7) is 6.20. The van der Waals surface area contributed by atoms with Gasteiger partial charge in [-0.25, -0.2) is 0 Å². The van der Waals surface area contributed by atoms with Gasteiger partial charge in [-0.05, 0) is 38.0 Å². The molecule has 23 heavy (non-hydrogen) atoms. The second-order valence-corrected chi connectivity index (χ2v) is 6.76. The Morgan fingerprint density at radius 2 is 2.04 bits per heavy atom. The molecule has 0 bridgehead atoms. The second kappa shape index (κ2) is 7.07. The van der Waals surface area contributed by atoms with Crippen molar-refractivity contribution in [3.8, 4) is 5.75 Å². The van der Waals surface area contributed by atoms with Crippen LogP contribution in [0.1, 0.15) is 30.1 Å². The normalized spacial score (nSPS) is 23.9. The number of carbonyl (C=O) groups excluding carboxylic acids is 1. The summed E-state index contributed by atoms with van der Waals surface area (Å²) in [5.41, 5.74) is 0.379. The highest BCUT2D eigenvalue weighted by Crippen LogP contribution is 2.26. The summed E-state index contributed by atoms with van der Waals surface area (Å²) in [5.74, 6) is -0.0332. The molecule has 2 aliphatic heterocycles. The summed E-state index contributed by atoms with van der Waals surface area (Å²) >= 11 is 6.10. The maximum atomic E-state index is 12.6. The van der Waals surface area contributed by atoms with Gasteiger partial charge in [0, 0.05) is 31.7 Å². The number of rotatable bonds is 2. The average molecular weight is 339 g/mol. The number of ether oxygens (including phenoxy) is 1. The van der Waals surface area contributed by atoms with E-state index >= 15 is 0 Å². The van der Waals surface area contributed by atoms with Crippen LogP contribution in [0.5, 0.6) is 5.75 Å². The smallest absolute Gasteiger partial charge is 0.255 e. The van der Waals surface area contributed by atoms with Crippen LogP contribution in [0, 0.1) is 0 Å². The Bertz CT molecular complexity index is 573. The Kier molecular flexibility index (Phi) is 5.09. The molecule has 1 atom stereocenters. The first kappa shape index (κ1) is 16.6. The monoisotopic (exact) mass is 338 g/mol. The van der Waals surface area contributed by atoms with Crippen molar-refractivity contribution in [3.05, 3.63) is 28.8 Å². The third-order valence-corrected chi connectivity index (χ3v) is 5.15. The quantitative estimate of drug-likeness (QED) is 0.899. The molecular weight excluding hydrogens is 316 g/mol. The molecule has 0 aliphatic carbocycles. The van der Waals surface area contributed by atoms with Crippen molar-refractivity contribution in [2.75, 3.05) is 32.8 Å². The van der Waals surface area contributed by atoms with Gasteiger partial charge in [0.05, 0.1) is 23.8 Å². The summed E-state index contributed by atoms with van der Waals surface area (Å²) in [5, 5.41) is 9.96. The van der Waals surface area contributed by atoms with E-state index in [4.69, 9.17) is 16.3 Å². The van der Waals surface area contributed by atoms with E-state index in [2.05, 4.69) is 11.8 Å². The Balaban J connectivity index is 1.62. The van der Waals surface area contributed by atoms with Gasteiger partial charge in [-0.15, -0.1) is 0 Å². The van der Waals surface area contributed by atoms with E-state index < -0.39 is 0 Å². The Morgan fingerprint density at radius 3 is 2.74 bits per heavy atom. The number of carbonyl (C=O) groups is 1. The van der Waals surface area contributed by atoms with E-state index in [9.17, 15) is 9.90 Å². The van der Waals surface area contributed by atoms with Crippen molar-refractivity contribution >= 4 is 17.5 Å². The molecule has 2 aliphatic rings. The van der Waals surface area contributed by atoms with Gasteiger partial charge >= 0.3 is 0 Å². The van der Waals surface area contributed by atoms with Crippen LogP contribution < -0.4 is 0 Å². The SMILES string of the molecule is CC1COCCN1C1CCN(C(=O)c2cc(O)ccc2Cl)CC1. The van der Waals surface area contributed by atoms with E-state index in [-0.39, 0.29) is 11.7 Å². The lowest BCUT2D eigenvalue weighted by Crippen LogP contribution is -2.53. The number of piperidine rings is 1. The lowest BCUT2D eigenvalue weighted by atomic mass is 10.00. The number of morpholine rings is 1. The summed E-state index contributed by atoms with van der Waals surface area (Å²) < 4.78 is 5.50. The van der Waals surface area contributed by atoms with Crippen LogP contribution in [0.4, 0.5) is 0 Å². The minimum Gasteiger partial charge on any atom is -0.508 e. The number of likely N-dealkylation sites (tertiary alicyclic amines) is 1. The van der Waals surface area contributed by atoms with E-state index in [0.29, 0.717) is 22.7 Å². The topological polar surface area (TPSA) is 53.0 Å². The number of hydrogen-bond donors (Lipinski definition) is 1. The number of hydrogen-bond acceptors (Lipinski definition) is 4. The molecule has 1 N–H and O–H groups in total. The molecule has 6 heteroatoms. The molecule has 1 unspecified atom stereocenters. The number of benzene rings is 1. The third kappa shape index (κ3) is 3.62. The van der Waals surface area contributed by atoms with E-state index in [1.54, 1.807) is 6.07 Å². The first-order valence-electron chi connectivity index (χ1n) is 8.17. The van der Waals surface area contributed by atoms with Gasteiger partial charge in [-0.2, -0.15) is 0 Å². The number of phenols is 1. The van der Waals surface area contributed by atoms with Gasteiger partial charge in [0.15, 0.2) is 0 Å². The Labute approximate surface area is 141 Å². The molecule has 5 nitrogen and oxygen atoms in total. The molecule has 0 spiro atoms. The highest BCUT2D eigenvalue weighted by atomic mass is 35.5. The molecule has 1 aromatic rings. The minimum atomic E-state index is -0.0978. The zero-order valence-electron chi connectivity index (χ0n) is 13.4. The molecule has 3 rings (SSSR count). The summed E-state index contributed by atoms with van der Waals surface area (Å²) in [6, 6.07) is 5.45. The molecule has 0 saturated carbocycles. The Morgan fingerprint density at radius 1 is 1.30 bits per heavy atom. The van der Waals surface area contributed by atoms with Crippen LogP contribution in [0.3, 0.4) is 0 Å². The van der Waals surface area contributed by atoms with E-state index in [0.717, 1.165) is 45.7 Å². The zero-order chi connectivity index (χ0) is 16.4. The van der Waals surface area contributed by atoms with Crippen molar-refractivity contribution in [2.24, 2.45) is 0 Å². The molecule has 1 aromatic carbocycles. The molecule has 126 valence electrons. The average Bonchev–Trinajstić information content (AvgIpc) is 2.57. The second-order valence-electron chi connectivity index (χ2n) is 6.35. The van der Waals surface area contributed by atoms with Crippen molar-refractivity contribution in [1.29, 1.82) is 0 Å². The van der Waals surface area contributed by atoms with Crippen molar-refractivity contribution in [2.45, 2.75) is 31.8 Å². The fourth-order valence-corrected chi connectivity index (χ4v) is 3.73. The standard InChI is InChI=1S/C17H23ClN2O3/c1-12-11-23-9-8-20(12)13-4-6-19(7-5-13)17(22)15-10-14(21)2-3-16(15)18/h2-3,10,12-13,21H,4-9,11H2,1H3. The van der Waals surface area contributed by atoms with Crippen LogP contribution in [-0.4, -0.2) is 65.7 Å². The largest absolute Gasteiger partial charge is 0.508 e. The number of phenolic OH excluding ortho intramolecular Hbond substituents is 1. The van der Waals surface area contributed by atoms with Crippen LogP contribution in [-0.2, 0) is 4.74 Å². The first-order chi connectivity index (χ1) is 11.1. The predicted molar refractivity (Wildman–Crippen MR) is 89.0 cm³/mol. The zero-order valence-corrected chi connectivity index (χ0v) is 14.1. The van der Waals surface area contributed by atoms with Gasteiger partial charge < -0.3 is 14.7 Å². The van der Waals surface area contributed by atoms with Crippen molar-refractivity contribution < 1.29 is 14.6 Å². The highest BCUT2D eigenvalue weighted by molar-refractivity contribution is 6.33. The molecule has 0 aromatic heterocycles. The molecule has 1 amide bonds. The summed E-state index contributed by atoms with van der Waals surface area (Å²) in [6.07, 6.45) is 1.93. The predicted octanol–water partition coefficient (Wildman–Crippen LogP) is 2.37. The molecule has 2 fully saturated rings. The van der Waals surface area contributed by atoms with Crippen molar-refractivity contribution in [1.82, 2.24) is 9.80 Å². The van der Waals surface area contributed by atoms with E-state index in [1.807, 2.05) is 4.90 Å². The number of halogens is 1. The molecular formula is C17H23ClN2O3. The van der Waals surface area contributed by atoms with Crippen LogP contribution >= 0.6 is 11.6 Å². The molecule has 2 saturated heterocycles. The lowest BCUT2D eigenvalue weighted by molar-refractivity contribution is -0.0335. The summed E-state index contributed by atoms with van der Waals surface area (Å²) in [4.78, 5) is 17.0. The van der Waals surface area contributed by atoms with E-state index in [1.165, 1.54) is 12.1 Å². The number of aromatic hydroxyl groups is 1. The third-order valence-electron chi connectivity index (χ3n) is 4.82. The summed E-state index contributed by atoms with van der Waals surface area (Å²) in [7, 11) is 0. The fourth-order valence-electron chi connectivity index (χ4n) is 3.53. The van der Waals surface area contributed by atoms with Crippen molar-refractivity contribution in [3.63, 3.8) is 0 Å². The van der Waals surface area contributed by atoms with Gasteiger partial charge in [-0.1, -0.05) is 11.6 Å². The first-order valence-corrected chi connectivity index (χ1v) is 8.55. The highest BCUT2D eigenvalue weighted by Gasteiger charge is 2.31.